The normalized spacial score (nSPS) is 18.3. The fourth-order valence-corrected chi connectivity index (χ4v) is 2.33. The third-order valence-electron chi connectivity index (χ3n) is 3.18. The highest BCUT2D eigenvalue weighted by atomic mass is 35.5. The first-order valence-electron chi connectivity index (χ1n) is 6.08. The molecule has 16 heavy (non-hydrogen) atoms. The smallest absolute Gasteiger partial charge is 0.242 e. The molecule has 0 saturated heterocycles. The first-order chi connectivity index (χ1) is 6.99. The molecule has 3 nitrogen and oxygen atoms in total. The Labute approximate surface area is 105 Å². The molecule has 0 aliphatic heterocycles. The van der Waals surface area contributed by atoms with Gasteiger partial charge in [-0.15, -0.1) is 12.4 Å². The second-order valence-electron chi connectivity index (χ2n) is 5.10. The lowest BCUT2D eigenvalue weighted by atomic mass is 9.96. The Kier molecular flexibility index (Phi) is 6.34. The maximum absolute atomic E-state index is 12.2. The molecule has 1 rings (SSSR count). The number of carbonyl (C=O) groups is 1. The van der Waals surface area contributed by atoms with Crippen molar-refractivity contribution in [3.63, 3.8) is 0 Å². The monoisotopic (exact) mass is 248 g/mol. The zero-order valence-corrected chi connectivity index (χ0v) is 11.5. The van der Waals surface area contributed by atoms with Gasteiger partial charge in [0.05, 0.1) is 5.54 Å². The van der Waals surface area contributed by atoms with Gasteiger partial charge in [0.2, 0.25) is 5.91 Å². The Morgan fingerprint density at radius 2 is 1.88 bits per heavy atom. The van der Waals surface area contributed by atoms with E-state index in [9.17, 15) is 4.79 Å². The van der Waals surface area contributed by atoms with Gasteiger partial charge in [-0.25, -0.2) is 0 Å². The summed E-state index contributed by atoms with van der Waals surface area (Å²) in [7, 11) is 0. The van der Waals surface area contributed by atoms with Crippen molar-refractivity contribution >= 4 is 18.3 Å². The predicted octanol–water partition coefficient (Wildman–Crippen LogP) is 2.18. The Hall–Kier alpha value is -0.280. The zero-order chi connectivity index (χ0) is 11.5. The highest BCUT2D eigenvalue weighted by Crippen LogP contribution is 2.29. The molecule has 0 atom stereocenters. The van der Waals surface area contributed by atoms with Crippen LogP contribution >= 0.6 is 12.4 Å². The molecule has 0 spiro atoms. The minimum absolute atomic E-state index is 0. The second kappa shape index (κ2) is 6.45. The molecule has 0 bridgehead atoms. The largest absolute Gasteiger partial charge is 0.341 e. The summed E-state index contributed by atoms with van der Waals surface area (Å²) in [5.41, 5.74) is 5.61. The topological polar surface area (TPSA) is 46.3 Å². The van der Waals surface area contributed by atoms with Gasteiger partial charge in [-0.2, -0.15) is 0 Å². The van der Waals surface area contributed by atoms with E-state index in [0.717, 1.165) is 38.8 Å². The van der Waals surface area contributed by atoms with Crippen molar-refractivity contribution in [2.75, 3.05) is 13.1 Å². The van der Waals surface area contributed by atoms with Crippen LogP contribution in [0.1, 0.15) is 46.5 Å². The van der Waals surface area contributed by atoms with Crippen LogP contribution in [0.2, 0.25) is 0 Å². The van der Waals surface area contributed by atoms with Crippen molar-refractivity contribution in [2.45, 2.75) is 52.0 Å². The number of carbonyl (C=O) groups excluding carboxylic acids is 1. The number of likely N-dealkylation sites (N-methyl/N-ethyl adjacent to an activating group) is 1. The van der Waals surface area contributed by atoms with Crippen LogP contribution in [0.4, 0.5) is 0 Å². The third kappa shape index (κ3) is 3.63. The maximum Gasteiger partial charge on any atom is 0.242 e. The average Bonchev–Trinajstić information content (AvgIpc) is 2.61. The van der Waals surface area contributed by atoms with Crippen molar-refractivity contribution in [1.82, 2.24) is 4.90 Å². The van der Waals surface area contributed by atoms with Gasteiger partial charge < -0.3 is 10.6 Å². The molecule has 0 heterocycles. The van der Waals surface area contributed by atoms with E-state index >= 15 is 0 Å². The number of hydrogen-bond acceptors (Lipinski definition) is 2. The first-order valence-corrected chi connectivity index (χ1v) is 6.08. The van der Waals surface area contributed by atoms with Crippen LogP contribution in [0.5, 0.6) is 0 Å². The van der Waals surface area contributed by atoms with E-state index in [1.54, 1.807) is 0 Å². The number of rotatable bonds is 4. The molecule has 4 heteroatoms. The summed E-state index contributed by atoms with van der Waals surface area (Å²) in [6, 6.07) is 0. The van der Waals surface area contributed by atoms with Crippen LogP contribution in [0.15, 0.2) is 0 Å². The molecule has 0 unspecified atom stereocenters. The molecule has 0 aromatic heterocycles. The van der Waals surface area contributed by atoms with Crippen molar-refractivity contribution in [3.05, 3.63) is 0 Å². The minimum atomic E-state index is -0.551. The van der Waals surface area contributed by atoms with Gasteiger partial charge in [0, 0.05) is 13.1 Å². The van der Waals surface area contributed by atoms with E-state index in [2.05, 4.69) is 13.8 Å². The van der Waals surface area contributed by atoms with Gasteiger partial charge in [-0.1, -0.05) is 26.7 Å². The van der Waals surface area contributed by atoms with Gasteiger partial charge in [-0.05, 0) is 25.7 Å². The van der Waals surface area contributed by atoms with Crippen molar-refractivity contribution in [3.8, 4) is 0 Å². The van der Waals surface area contributed by atoms with E-state index in [1.807, 2.05) is 11.8 Å². The quantitative estimate of drug-likeness (QED) is 0.829. The molecule has 0 aromatic carbocycles. The SMILES string of the molecule is CCN(CC(C)C)C(=O)C1(N)CCCC1.Cl. The van der Waals surface area contributed by atoms with Crippen LogP contribution in [0.3, 0.4) is 0 Å². The highest BCUT2D eigenvalue weighted by Gasteiger charge is 2.39. The summed E-state index contributed by atoms with van der Waals surface area (Å²) in [5, 5.41) is 0. The standard InChI is InChI=1S/C12H24N2O.ClH/c1-4-14(9-10(2)3)11(15)12(13)7-5-6-8-12;/h10H,4-9,13H2,1-3H3;1H. The minimum Gasteiger partial charge on any atom is -0.341 e. The van der Waals surface area contributed by atoms with Crippen LogP contribution in [-0.2, 0) is 4.79 Å². The van der Waals surface area contributed by atoms with E-state index in [4.69, 9.17) is 5.73 Å². The molecule has 2 N–H and O–H groups in total. The number of halogens is 1. The Morgan fingerprint density at radius 1 is 1.38 bits per heavy atom. The van der Waals surface area contributed by atoms with E-state index in [-0.39, 0.29) is 18.3 Å². The van der Waals surface area contributed by atoms with E-state index < -0.39 is 5.54 Å². The van der Waals surface area contributed by atoms with Crippen molar-refractivity contribution < 1.29 is 4.79 Å². The van der Waals surface area contributed by atoms with Crippen LogP contribution in [0.25, 0.3) is 0 Å². The molecule has 0 radical (unpaired) electrons. The summed E-state index contributed by atoms with van der Waals surface area (Å²) >= 11 is 0. The fourth-order valence-electron chi connectivity index (χ4n) is 2.33. The molecule has 1 saturated carbocycles. The number of amides is 1. The average molecular weight is 249 g/mol. The Bertz CT molecular complexity index is 225. The third-order valence-corrected chi connectivity index (χ3v) is 3.18. The van der Waals surface area contributed by atoms with Gasteiger partial charge in [0.25, 0.3) is 0 Å². The summed E-state index contributed by atoms with van der Waals surface area (Å²) in [4.78, 5) is 14.1. The lowest BCUT2D eigenvalue weighted by Crippen LogP contribution is -2.54. The van der Waals surface area contributed by atoms with Gasteiger partial charge in [-0.3, -0.25) is 4.79 Å². The summed E-state index contributed by atoms with van der Waals surface area (Å²) in [6.45, 7) is 7.89. The van der Waals surface area contributed by atoms with Crippen LogP contribution in [0, 0.1) is 5.92 Å². The number of nitrogens with zero attached hydrogens (tertiary/aromatic N) is 1. The number of nitrogens with two attached hydrogens (primary N) is 1. The first kappa shape index (κ1) is 15.7. The molecule has 1 aliphatic carbocycles. The molecular formula is C12H25ClN2O. The maximum atomic E-state index is 12.2. The van der Waals surface area contributed by atoms with Crippen LogP contribution in [-0.4, -0.2) is 29.4 Å². The Morgan fingerprint density at radius 3 is 2.25 bits per heavy atom. The summed E-state index contributed by atoms with van der Waals surface area (Å²) in [6.07, 6.45) is 3.92. The van der Waals surface area contributed by atoms with E-state index in [1.165, 1.54) is 0 Å². The van der Waals surface area contributed by atoms with Crippen LogP contribution < -0.4 is 5.73 Å². The fraction of sp³-hybridized carbons (Fsp3) is 0.917. The molecular weight excluding hydrogens is 224 g/mol. The molecule has 1 aliphatic rings. The molecule has 1 amide bonds. The molecule has 1 fully saturated rings. The Balaban J connectivity index is 0.00000225. The van der Waals surface area contributed by atoms with E-state index in [0.29, 0.717) is 5.92 Å². The van der Waals surface area contributed by atoms with Crippen molar-refractivity contribution in [2.24, 2.45) is 11.7 Å². The predicted molar refractivity (Wildman–Crippen MR) is 69.7 cm³/mol. The number of hydrogen-bond donors (Lipinski definition) is 1. The highest BCUT2D eigenvalue weighted by molar-refractivity contribution is 5.86. The summed E-state index contributed by atoms with van der Waals surface area (Å²) < 4.78 is 0. The zero-order valence-electron chi connectivity index (χ0n) is 10.7. The lowest BCUT2D eigenvalue weighted by Gasteiger charge is -2.31. The second-order valence-corrected chi connectivity index (χ2v) is 5.10. The molecule has 96 valence electrons. The molecule has 0 aromatic rings. The van der Waals surface area contributed by atoms with Crippen molar-refractivity contribution in [1.29, 1.82) is 0 Å². The van der Waals surface area contributed by atoms with Gasteiger partial charge >= 0.3 is 0 Å². The summed E-state index contributed by atoms with van der Waals surface area (Å²) in [5.74, 6) is 0.676. The van der Waals surface area contributed by atoms with Gasteiger partial charge in [0.15, 0.2) is 0 Å². The van der Waals surface area contributed by atoms with Gasteiger partial charge in [0.1, 0.15) is 0 Å². The lowest BCUT2D eigenvalue weighted by molar-refractivity contribution is -0.137.